The van der Waals surface area contributed by atoms with Crippen molar-refractivity contribution in [3.8, 4) is 0 Å². The minimum absolute atomic E-state index is 0.178. The zero-order chi connectivity index (χ0) is 13.5. The van der Waals surface area contributed by atoms with Crippen molar-refractivity contribution in [3.63, 3.8) is 0 Å². The fraction of sp³-hybridized carbons (Fsp3) is 0.500. The summed E-state index contributed by atoms with van der Waals surface area (Å²) < 4.78 is 0. The largest absolute Gasteiger partial charge is 0.383 e. The topological polar surface area (TPSA) is 35.6 Å². The van der Waals surface area contributed by atoms with Crippen LogP contribution in [-0.2, 0) is 4.79 Å². The van der Waals surface area contributed by atoms with E-state index < -0.39 is 0 Å². The number of anilines is 2. The number of hydrogen-bond donors (Lipinski definition) is 1. The molecule has 0 saturated heterocycles. The van der Waals surface area contributed by atoms with E-state index in [0.29, 0.717) is 6.42 Å². The second kappa shape index (κ2) is 6.89. The predicted octanol–water partition coefficient (Wildman–Crippen LogP) is 2.03. The first-order valence-corrected chi connectivity index (χ1v) is 6.22. The number of carbonyl (C=O) groups excluding carboxylic acids is 1. The summed E-state index contributed by atoms with van der Waals surface area (Å²) in [5.41, 5.74) is 2.27. The van der Waals surface area contributed by atoms with Crippen LogP contribution in [0.5, 0.6) is 0 Å². The Hall–Kier alpha value is -1.71. The van der Waals surface area contributed by atoms with Crippen LogP contribution in [0.1, 0.15) is 12.8 Å². The standard InChI is InChI=1S/C14H23N3O/c1-16(2)13-9-6-5-8-12(13)15-11-7-10-14(18)17(3)4/h5-6,8-9,15H,7,10-11H2,1-4H3. The molecule has 4 nitrogen and oxygen atoms in total. The highest BCUT2D eigenvalue weighted by molar-refractivity contribution is 5.75. The van der Waals surface area contributed by atoms with Crippen LogP contribution in [0.2, 0.25) is 0 Å². The molecular formula is C14H23N3O. The normalized spacial score (nSPS) is 10.0. The third kappa shape index (κ3) is 4.28. The number of nitrogens with zero attached hydrogens (tertiary/aromatic N) is 2. The summed E-state index contributed by atoms with van der Waals surface area (Å²) in [5, 5.41) is 3.38. The SMILES string of the molecule is CN(C)C(=O)CCCNc1ccccc1N(C)C. The maximum atomic E-state index is 11.4. The molecule has 4 heteroatoms. The molecule has 0 aliphatic carbocycles. The van der Waals surface area contributed by atoms with Gasteiger partial charge in [-0.05, 0) is 18.6 Å². The van der Waals surface area contributed by atoms with Crippen molar-refractivity contribution < 1.29 is 4.79 Å². The summed E-state index contributed by atoms with van der Waals surface area (Å²) in [6.45, 7) is 0.810. The molecule has 0 bridgehead atoms. The molecule has 0 spiro atoms. The second-order valence-electron chi connectivity index (χ2n) is 4.73. The third-order valence-corrected chi connectivity index (χ3v) is 2.77. The maximum absolute atomic E-state index is 11.4. The zero-order valence-electron chi connectivity index (χ0n) is 11.7. The van der Waals surface area contributed by atoms with E-state index in [-0.39, 0.29) is 5.91 Å². The van der Waals surface area contributed by atoms with E-state index in [1.807, 2.05) is 26.2 Å². The lowest BCUT2D eigenvalue weighted by molar-refractivity contribution is -0.128. The molecule has 1 rings (SSSR count). The molecule has 0 aromatic heterocycles. The molecule has 1 aromatic rings. The molecule has 0 atom stereocenters. The molecule has 0 aliphatic heterocycles. The van der Waals surface area contributed by atoms with Gasteiger partial charge in [0, 0.05) is 41.2 Å². The monoisotopic (exact) mass is 249 g/mol. The molecule has 18 heavy (non-hydrogen) atoms. The quantitative estimate of drug-likeness (QED) is 0.784. The minimum atomic E-state index is 0.178. The Balaban J connectivity index is 2.42. The van der Waals surface area contributed by atoms with Gasteiger partial charge in [0.05, 0.1) is 11.4 Å². The molecular weight excluding hydrogens is 226 g/mol. The van der Waals surface area contributed by atoms with Crippen LogP contribution in [0.4, 0.5) is 11.4 Å². The lowest BCUT2D eigenvalue weighted by Gasteiger charge is -2.18. The highest BCUT2D eigenvalue weighted by Gasteiger charge is 2.05. The van der Waals surface area contributed by atoms with Crippen LogP contribution in [0.25, 0.3) is 0 Å². The first kappa shape index (κ1) is 14.4. The first-order chi connectivity index (χ1) is 8.52. The highest BCUT2D eigenvalue weighted by Crippen LogP contribution is 2.23. The number of nitrogens with one attached hydrogen (secondary N) is 1. The van der Waals surface area contributed by atoms with E-state index >= 15 is 0 Å². The fourth-order valence-electron chi connectivity index (χ4n) is 1.70. The lowest BCUT2D eigenvalue weighted by atomic mass is 10.2. The molecule has 0 unspecified atom stereocenters. The molecule has 1 N–H and O–H groups in total. The van der Waals surface area contributed by atoms with E-state index in [2.05, 4.69) is 22.3 Å². The number of para-hydroxylation sites is 2. The Morgan fingerprint density at radius 1 is 1.17 bits per heavy atom. The number of carbonyl (C=O) groups is 1. The van der Waals surface area contributed by atoms with Crippen molar-refractivity contribution in [2.24, 2.45) is 0 Å². The second-order valence-corrected chi connectivity index (χ2v) is 4.73. The van der Waals surface area contributed by atoms with E-state index in [1.165, 1.54) is 0 Å². The molecule has 1 amide bonds. The molecule has 0 radical (unpaired) electrons. The maximum Gasteiger partial charge on any atom is 0.222 e. The van der Waals surface area contributed by atoms with Gasteiger partial charge in [0.2, 0.25) is 5.91 Å². The summed E-state index contributed by atoms with van der Waals surface area (Å²) in [6, 6.07) is 8.17. The summed E-state index contributed by atoms with van der Waals surface area (Å²) in [4.78, 5) is 15.1. The number of amides is 1. The van der Waals surface area contributed by atoms with E-state index in [1.54, 1.807) is 19.0 Å². The summed E-state index contributed by atoms with van der Waals surface area (Å²) >= 11 is 0. The van der Waals surface area contributed by atoms with E-state index in [4.69, 9.17) is 0 Å². The molecule has 0 fully saturated rings. The smallest absolute Gasteiger partial charge is 0.222 e. The third-order valence-electron chi connectivity index (χ3n) is 2.77. The van der Waals surface area contributed by atoms with Gasteiger partial charge in [-0.3, -0.25) is 4.79 Å². The Morgan fingerprint density at radius 2 is 1.83 bits per heavy atom. The molecule has 0 heterocycles. The predicted molar refractivity (Wildman–Crippen MR) is 77.2 cm³/mol. The van der Waals surface area contributed by atoms with Crippen molar-refractivity contribution in [1.82, 2.24) is 4.90 Å². The fourth-order valence-corrected chi connectivity index (χ4v) is 1.70. The van der Waals surface area contributed by atoms with Crippen LogP contribution < -0.4 is 10.2 Å². The van der Waals surface area contributed by atoms with Gasteiger partial charge in [0.15, 0.2) is 0 Å². The summed E-state index contributed by atoms with van der Waals surface area (Å²) in [5.74, 6) is 0.178. The van der Waals surface area contributed by atoms with Crippen LogP contribution in [0.3, 0.4) is 0 Å². The Morgan fingerprint density at radius 3 is 2.44 bits per heavy atom. The van der Waals surface area contributed by atoms with Crippen LogP contribution in [0.15, 0.2) is 24.3 Å². The van der Waals surface area contributed by atoms with Gasteiger partial charge < -0.3 is 15.1 Å². The van der Waals surface area contributed by atoms with Crippen LogP contribution >= 0.6 is 0 Å². The summed E-state index contributed by atoms with van der Waals surface area (Å²) in [7, 11) is 7.63. The minimum Gasteiger partial charge on any atom is -0.383 e. The average Bonchev–Trinajstić information content (AvgIpc) is 2.34. The lowest BCUT2D eigenvalue weighted by Crippen LogP contribution is -2.22. The Labute approximate surface area is 110 Å². The van der Waals surface area contributed by atoms with Crippen molar-refractivity contribution in [2.75, 3.05) is 45.0 Å². The summed E-state index contributed by atoms with van der Waals surface area (Å²) in [6.07, 6.45) is 1.43. The van der Waals surface area contributed by atoms with Crippen molar-refractivity contribution in [1.29, 1.82) is 0 Å². The van der Waals surface area contributed by atoms with Gasteiger partial charge in [0.1, 0.15) is 0 Å². The molecule has 100 valence electrons. The number of benzene rings is 1. The van der Waals surface area contributed by atoms with Crippen molar-refractivity contribution in [3.05, 3.63) is 24.3 Å². The van der Waals surface area contributed by atoms with Gasteiger partial charge in [-0.1, -0.05) is 12.1 Å². The number of hydrogen-bond acceptors (Lipinski definition) is 3. The highest BCUT2D eigenvalue weighted by atomic mass is 16.2. The average molecular weight is 249 g/mol. The van der Waals surface area contributed by atoms with Crippen molar-refractivity contribution in [2.45, 2.75) is 12.8 Å². The first-order valence-electron chi connectivity index (χ1n) is 6.22. The Bertz CT molecular complexity index is 388. The van der Waals surface area contributed by atoms with Gasteiger partial charge in [0.25, 0.3) is 0 Å². The molecule has 0 saturated carbocycles. The van der Waals surface area contributed by atoms with Gasteiger partial charge in [-0.25, -0.2) is 0 Å². The van der Waals surface area contributed by atoms with Crippen LogP contribution in [-0.4, -0.2) is 45.5 Å². The Kier molecular flexibility index (Phi) is 5.49. The van der Waals surface area contributed by atoms with Gasteiger partial charge in [-0.2, -0.15) is 0 Å². The molecule has 1 aromatic carbocycles. The van der Waals surface area contributed by atoms with Crippen LogP contribution in [0, 0.1) is 0 Å². The zero-order valence-corrected chi connectivity index (χ0v) is 11.7. The van der Waals surface area contributed by atoms with Gasteiger partial charge in [-0.15, -0.1) is 0 Å². The van der Waals surface area contributed by atoms with Gasteiger partial charge >= 0.3 is 0 Å². The van der Waals surface area contributed by atoms with Crippen molar-refractivity contribution >= 4 is 17.3 Å². The number of rotatable bonds is 6. The van der Waals surface area contributed by atoms with E-state index in [0.717, 1.165) is 24.3 Å². The molecule has 0 aliphatic rings. The van der Waals surface area contributed by atoms with E-state index in [9.17, 15) is 4.79 Å².